The maximum absolute atomic E-state index is 10.5. The van der Waals surface area contributed by atoms with Crippen LogP contribution in [-0.4, -0.2) is 36.7 Å². The number of aliphatic carboxylic acids is 1. The molecule has 0 amide bonds. The average Bonchev–Trinajstić information content (AvgIpc) is 2.93. The zero-order chi connectivity index (χ0) is 12.6. The van der Waals surface area contributed by atoms with Gasteiger partial charge >= 0.3 is 5.97 Å². The van der Waals surface area contributed by atoms with Crippen molar-refractivity contribution >= 4 is 17.7 Å². The first-order chi connectivity index (χ1) is 7.89. The smallest absolute Gasteiger partial charge is 0.313 e. The summed E-state index contributed by atoms with van der Waals surface area (Å²) >= 11 is 1.14. The Morgan fingerprint density at radius 3 is 2.65 bits per heavy atom. The van der Waals surface area contributed by atoms with Crippen molar-refractivity contribution in [3.63, 3.8) is 0 Å². The molecule has 1 saturated carbocycles. The van der Waals surface area contributed by atoms with E-state index in [9.17, 15) is 9.90 Å². The number of hydrogen-bond acceptors (Lipinski definition) is 5. The first-order valence-electron chi connectivity index (χ1n) is 5.42. The Morgan fingerprint density at radius 2 is 2.18 bits per heavy atom. The highest BCUT2D eigenvalue weighted by Gasteiger charge is 2.34. The molecule has 2 N–H and O–H groups in total. The molecule has 1 heterocycles. The standard InChI is InChI=1S/C10H15N3O3S/c1-10(2,16)8-11-12-9(17-5-7(14)15)13(8)6-3-4-6/h6,16H,3-5H2,1-2H3,(H,14,15). The SMILES string of the molecule is CC(C)(O)c1nnc(SCC(=O)O)n1C1CC1. The highest BCUT2D eigenvalue weighted by molar-refractivity contribution is 7.99. The number of hydrogen-bond donors (Lipinski definition) is 2. The number of aliphatic hydroxyl groups is 1. The Balaban J connectivity index is 2.27. The Labute approximate surface area is 103 Å². The first-order valence-corrected chi connectivity index (χ1v) is 6.40. The van der Waals surface area contributed by atoms with Crippen molar-refractivity contribution in [1.29, 1.82) is 0 Å². The average molecular weight is 257 g/mol. The van der Waals surface area contributed by atoms with E-state index in [4.69, 9.17) is 5.11 Å². The normalized spacial score (nSPS) is 16.2. The van der Waals surface area contributed by atoms with E-state index in [0.717, 1.165) is 24.6 Å². The number of carbonyl (C=O) groups is 1. The van der Waals surface area contributed by atoms with Gasteiger partial charge in [-0.05, 0) is 26.7 Å². The van der Waals surface area contributed by atoms with Crippen LogP contribution in [0.5, 0.6) is 0 Å². The maximum atomic E-state index is 10.5. The predicted molar refractivity (Wildman–Crippen MR) is 61.9 cm³/mol. The summed E-state index contributed by atoms with van der Waals surface area (Å²) < 4.78 is 1.87. The molecule has 94 valence electrons. The van der Waals surface area contributed by atoms with E-state index < -0.39 is 11.6 Å². The zero-order valence-electron chi connectivity index (χ0n) is 9.75. The molecule has 0 unspecified atom stereocenters. The van der Waals surface area contributed by atoms with Gasteiger partial charge in [0.15, 0.2) is 11.0 Å². The fourth-order valence-corrected chi connectivity index (χ4v) is 2.31. The lowest BCUT2D eigenvalue weighted by Crippen LogP contribution is -2.22. The van der Waals surface area contributed by atoms with Gasteiger partial charge in [-0.1, -0.05) is 11.8 Å². The fraction of sp³-hybridized carbons (Fsp3) is 0.700. The van der Waals surface area contributed by atoms with E-state index in [0.29, 0.717) is 17.0 Å². The minimum absolute atomic E-state index is 0.0449. The molecule has 1 aliphatic rings. The van der Waals surface area contributed by atoms with Crippen LogP contribution in [0.3, 0.4) is 0 Å². The van der Waals surface area contributed by atoms with Gasteiger partial charge in [-0.3, -0.25) is 4.79 Å². The maximum Gasteiger partial charge on any atom is 0.313 e. The largest absolute Gasteiger partial charge is 0.481 e. The van der Waals surface area contributed by atoms with Crippen LogP contribution in [0.4, 0.5) is 0 Å². The minimum atomic E-state index is -1.06. The lowest BCUT2D eigenvalue weighted by Gasteiger charge is -2.18. The second-order valence-corrected chi connectivity index (χ2v) is 5.59. The molecule has 0 spiro atoms. The van der Waals surface area contributed by atoms with Crippen LogP contribution >= 0.6 is 11.8 Å². The molecule has 0 aromatic carbocycles. The van der Waals surface area contributed by atoms with Gasteiger partial charge in [0.05, 0.1) is 5.75 Å². The van der Waals surface area contributed by atoms with E-state index >= 15 is 0 Å². The van der Waals surface area contributed by atoms with Crippen molar-refractivity contribution in [2.24, 2.45) is 0 Å². The summed E-state index contributed by atoms with van der Waals surface area (Å²) in [6.45, 7) is 3.31. The molecule has 0 saturated heterocycles. The van der Waals surface area contributed by atoms with Crippen LogP contribution in [-0.2, 0) is 10.4 Å². The highest BCUT2D eigenvalue weighted by Crippen LogP contribution is 2.40. The quantitative estimate of drug-likeness (QED) is 0.766. The van der Waals surface area contributed by atoms with E-state index in [1.54, 1.807) is 13.8 Å². The molecule has 17 heavy (non-hydrogen) atoms. The Morgan fingerprint density at radius 1 is 1.53 bits per heavy atom. The van der Waals surface area contributed by atoms with Crippen molar-refractivity contribution in [2.45, 2.75) is 43.5 Å². The third-order valence-electron chi connectivity index (χ3n) is 2.45. The van der Waals surface area contributed by atoms with Gasteiger partial charge in [0, 0.05) is 6.04 Å². The van der Waals surface area contributed by atoms with Crippen molar-refractivity contribution < 1.29 is 15.0 Å². The van der Waals surface area contributed by atoms with Crippen LogP contribution in [0.1, 0.15) is 38.6 Å². The summed E-state index contributed by atoms with van der Waals surface area (Å²) in [4.78, 5) is 10.5. The fourth-order valence-electron chi connectivity index (χ4n) is 1.58. The number of nitrogens with zero attached hydrogens (tertiary/aromatic N) is 3. The summed E-state index contributed by atoms with van der Waals surface area (Å²) in [5.41, 5.74) is -1.06. The highest BCUT2D eigenvalue weighted by atomic mass is 32.2. The predicted octanol–water partition coefficient (Wildman–Crippen LogP) is 1.02. The molecule has 6 nitrogen and oxygen atoms in total. The lowest BCUT2D eigenvalue weighted by atomic mass is 10.1. The van der Waals surface area contributed by atoms with E-state index in [2.05, 4.69) is 10.2 Å². The van der Waals surface area contributed by atoms with Gasteiger partial charge in [0.1, 0.15) is 5.60 Å². The third kappa shape index (κ3) is 2.78. The summed E-state index contributed by atoms with van der Waals surface area (Å²) in [5, 5.41) is 27.2. The molecule has 1 aliphatic carbocycles. The van der Waals surface area contributed by atoms with Gasteiger partial charge < -0.3 is 14.8 Å². The van der Waals surface area contributed by atoms with Crippen LogP contribution in [0.15, 0.2) is 5.16 Å². The number of thioether (sulfide) groups is 1. The second kappa shape index (κ2) is 4.30. The summed E-state index contributed by atoms with van der Waals surface area (Å²) in [6.07, 6.45) is 2.06. The Bertz CT molecular complexity index is 434. The first kappa shape index (κ1) is 12.4. The molecule has 7 heteroatoms. The van der Waals surface area contributed by atoms with Gasteiger partial charge in [-0.2, -0.15) is 0 Å². The van der Waals surface area contributed by atoms with E-state index in [1.807, 2.05) is 4.57 Å². The number of carboxylic acids is 1. The molecule has 1 aromatic rings. The second-order valence-electron chi connectivity index (χ2n) is 4.65. The van der Waals surface area contributed by atoms with E-state index in [1.165, 1.54) is 0 Å². The molecular formula is C10H15N3O3S. The molecule has 1 fully saturated rings. The number of carboxylic acid groups (broad SMARTS) is 1. The lowest BCUT2D eigenvalue weighted by molar-refractivity contribution is -0.133. The molecule has 0 atom stereocenters. The Kier molecular flexibility index (Phi) is 3.13. The zero-order valence-corrected chi connectivity index (χ0v) is 10.6. The van der Waals surface area contributed by atoms with Crippen molar-refractivity contribution in [3.8, 4) is 0 Å². The monoisotopic (exact) mass is 257 g/mol. The van der Waals surface area contributed by atoms with Crippen LogP contribution < -0.4 is 0 Å². The molecule has 2 rings (SSSR count). The van der Waals surface area contributed by atoms with Crippen LogP contribution in [0, 0.1) is 0 Å². The van der Waals surface area contributed by atoms with Crippen LogP contribution in [0.2, 0.25) is 0 Å². The van der Waals surface area contributed by atoms with Crippen molar-refractivity contribution in [1.82, 2.24) is 14.8 Å². The topological polar surface area (TPSA) is 88.2 Å². The molecule has 0 bridgehead atoms. The molecule has 0 radical (unpaired) electrons. The Hall–Kier alpha value is -1.08. The molecule has 1 aromatic heterocycles. The van der Waals surface area contributed by atoms with Crippen molar-refractivity contribution in [3.05, 3.63) is 5.82 Å². The third-order valence-corrected chi connectivity index (χ3v) is 3.38. The van der Waals surface area contributed by atoms with Crippen LogP contribution in [0.25, 0.3) is 0 Å². The van der Waals surface area contributed by atoms with E-state index in [-0.39, 0.29) is 5.75 Å². The van der Waals surface area contributed by atoms with Gasteiger partial charge in [0.25, 0.3) is 0 Å². The molecular weight excluding hydrogens is 242 g/mol. The summed E-state index contributed by atoms with van der Waals surface area (Å²) in [6, 6.07) is 0.308. The summed E-state index contributed by atoms with van der Waals surface area (Å²) in [5.74, 6) is -0.422. The summed E-state index contributed by atoms with van der Waals surface area (Å²) in [7, 11) is 0. The van der Waals surface area contributed by atoms with Gasteiger partial charge in [0.2, 0.25) is 0 Å². The number of rotatable bonds is 5. The molecule has 0 aliphatic heterocycles. The van der Waals surface area contributed by atoms with Gasteiger partial charge in [-0.25, -0.2) is 0 Å². The minimum Gasteiger partial charge on any atom is -0.481 e. The number of aromatic nitrogens is 3. The van der Waals surface area contributed by atoms with Gasteiger partial charge in [-0.15, -0.1) is 10.2 Å². The van der Waals surface area contributed by atoms with Crippen molar-refractivity contribution in [2.75, 3.05) is 5.75 Å².